The standard InChI is InChI=1S/C10H13F2IN4O2/c1-7(13)19-9(18)8-4-14-17(15-8)3-2-16-5-10(11,12)6-16/h4,7H,2-3,5-6H2,1H3. The first kappa shape index (κ1) is 14.6. The van der Waals surface area contributed by atoms with E-state index < -0.39 is 11.9 Å². The summed E-state index contributed by atoms with van der Waals surface area (Å²) in [5.74, 6) is -3.10. The van der Waals surface area contributed by atoms with Crippen LogP contribution in [0.2, 0.25) is 0 Å². The molecule has 0 N–H and O–H groups in total. The van der Waals surface area contributed by atoms with Crippen LogP contribution in [0.25, 0.3) is 0 Å². The lowest BCUT2D eigenvalue weighted by Gasteiger charge is -2.38. The number of alkyl halides is 3. The van der Waals surface area contributed by atoms with Gasteiger partial charge >= 0.3 is 5.97 Å². The zero-order valence-electron chi connectivity index (χ0n) is 10.2. The van der Waals surface area contributed by atoms with E-state index in [2.05, 4.69) is 10.2 Å². The molecule has 1 atom stereocenters. The molecule has 1 saturated heterocycles. The summed E-state index contributed by atoms with van der Waals surface area (Å²) in [5.41, 5.74) is 0.123. The van der Waals surface area contributed by atoms with Crippen molar-refractivity contribution in [1.29, 1.82) is 0 Å². The molecule has 0 bridgehead atoms. The molecule has 1 fully saturated rings. The van der Waals surface area contributed by atoms with Gasteiger partial charge in [-0.3, -0.25) is 4.90 Å². The van der Waals surface area contributed by atoms with Gasteiger partial charge < -0.3 is 4.74 Å². The summed E-state index contributed by atoms with van der Waals surface area (Å²) >= 11 is 1.96. The van der Waals surface area contributed by atoms with E-state index in [-0.39, 0.29) is 22.9 Å². The van der Waals surface area contributed by atoms with Gasteiger partial charge in [-0.1, -0.05) is 0 Å². The first-order chi connectivity index (χ1) is 8.85. The number of rotatable bonds is 5. The maximum Gasteiger partial charge on any atom is 0.361 e. The second-order valence-corrected chi connectivity index (χ2v) is 6.09. The lowest BCUT2D eigenvalue weighted by molar-refractivity contribution is -0.131. The molecule has 1 unspecified atom stereocenters. The van der Waals surface area contributed by atoms with Gasteiger partial charge in [0.25, 0.3) is 5.92 Å². The molecule has 6 nitrogen and oxygen atoms in total. The maximum absolute atomic E-state index is 12.6. The molecule has 1 aromatic rings. The molecule has 19 heavy (non-hydrogen) atoms. The molecular formula is C10H13F2IN4O2. The Labute approximate surface area is 122 Å². The molecule has 0 saturated carbocycles. The first-order valence-electron chi connectivity index (χ1n) is 5.71. The Bertz CT molecular complexity index is 458. The number of hydrogen-bond donors (Lipinski definition) is 0. The zero-order chi connectivity index (χ0) is 14.0. The van der Waals surface area contributed by atoms with Crippen molar-refractivity contribution in [3.63, 3.8) is 0 Å². The van der Waals surface area contributed by atoms with Crippen molar-refractivity contribution in [2.45, 2.75) is 23.5 Å². The maximum atomic E-state index is 12.6. The Kier molecular flexibility index (Phi) is 4.33. The molecule has 2 heterocycles. The van der Waals surface area contributed by atoms with Gasteiger partial charge in [0.1, 0.15) is 4.11 Å². The molecular weight excluding hydrogens is 373 g/mol. The topological polar surface area (TPSA) is 60.2 Å². The van der Waals surface area contributed by atoms with Crippen LogP contribution in [0.5, 0.6) is 0 Å². The fourth-order valence-electron chi connectivity index (χ4n) is 1.70. The molecule has 0 aliphatic carbocycles. The second kappa shape index (κ2) is 5.65. The highest BCUT2D eigenvalue weighted by atomic mass is 127. The van der Waals surface area contributed by atoms with E-state index >= 15 is 0 Å². The number of halogens is 3. The quantitative estimate of drug-likeness (QED) is 0.432. The first-order valence-corrected chi connectivity index (χ1v) is 6.96. The van der Waals surface area contributed by atoms with Gasteiger partial charge in [-0.15, -0.1) is 5.10 Å². The normalized spacial score (nSPS) is 19.8. The molecule has 2 rings (SSSR count). The Morgan fingerprint density at radius 3 is 2.84 bits per heavy atom. The highest BCUT2D eigenvalue weighted by Crippen LogP contribution is 2.25. The lowest BCUT2D eigenvalue weighted by Crippen LogP contribution is -2.56. The van der Waals surface area contributed by atoms with Crippen molar-refractivity contribution >= 4 is 28.6 Å². The van der Waals surface area contributed by atoms with Gasteiger partial charge in [0, 0.05) is 6.54 Å². The van der Waals surface area contributed by atoms with Crippen LogP contribution >= 0.6 is 22.6 Å². The number of esters is 1. The fourth-order valence-corrected chi connectivity index (χ4v) is 1.93. The van der Waals surface area contributed by atoms with E-state index in [1.807, 2.05) is 22.6 Å². The number of likely N-dealkylation sites (tertiary alicyclic amines) is 1. The molecule has 0 radical (unpaired) electrons. The molecule has 0 spiro atoms. The Balaban J connectivity index is 1.80. The van der Waals surface area contributed by atoms with Crippen LogP contribution in [0, 0.1) is 0 Å². The van der Waals surface area contributed by atoms with E-state index in [4.69, 9.17) is 4.74 Å². The van der Waals surface area contributed by atoms with E-state index in [0.717, 1.165) is 0 Å². The van der Waals surface area contributed by atoms with Crippen LogP contribution < -0.4 is 0 Å². The summed E-state index contributed by atoms with van der Waals surface area (Å²) in [7, 11) is 0. The minimum Gasteiger partial charge on any atom is -0.447 e. The van der Waals surface area contributed by atoms with Crippen LogP contribution in [-0.4, -0.2) is 55.5 Å². The Morgan fingerprint density at radius 2 is 2.26 bits per heavy atom. The number of carbonyl (C=O) groups excluding carboxylic acids is 1. The fraction of sp³-hybridized carbons (Fsp3) is 0.700. The van der Waals surface area contributed by atoms with Crippen LogP contribution in [0.15, 0.2) is 6.20 Å². The van der Waals surface area contributed by atoms with E-state index in [1.165, 1.54) is 11.0 Å². The number of carbonyl (C=O) groups is 1. The van der Waals surface area contributed by atoms with Gasteiger partial charge in [0.2, 0.25) is 0 Å². The predicted molar refractivity (Wildman–Crippen MR) is 70.3 cm³/mol. The summed E-state index contributed by atoms with van der Waals surface area (Å²) in [5, 5.41) is 7.84. The van der Waals surface area contributed by atoms with E-state index in [1.54, 1.807) is 11.8 Å². The average molecular weight is 386 g/mol. The highest BCUT2D eigenvalue weighted by Gasteiger charge is 2.43. The van der Waals surface area contributed by atoms with E-state index in [0.29, 0.717) is 13.1 Å². The lowest BCUT2D eigenvalue weighted by atomic mass is 10.1. The van der Waals surface area contributed by atoms with Crippen molar-refractivity contribution < 1.29 is 18.3 Å². The third-order valence-corrected chi connectivity index (χ3v) is 2.80. The van der Waals surface area contributed by atoms with Crippen molar-refractivity contribution in [1.82, 2.24) is 19.9 Å². The van der Waals surface area contributed by atoms with Crippen molar-refractivity contribution in [3.8, 4) is 0 Å². The van der Waals surface area contributed by atoms with Gasteiger partial charge in [0.15, 0.2) is 5.69 Å². The summed E-state index contributed by atoms with van der Waals surface area (Å²) in [6.45, 7) is 2.07. The SMILES string of the molecule is CC(I)OC(=O)c1cnn(CCN2CC(F)(F)C2)n1. The third kappa shape index (κ3) is 4.06. The van der Waals surface area contributed by atoms with Gasteiger partial charge in [0.05, 0.1) is 25.8 Å². The summed E-state index contributed by atoms with van der Waals surface area (Å²) in [6.07, 6.45) is 1.31. The smallest absolute Gasteiger partial charge is 0.361 e. The molecule has 1 aliphatic heterocycles. The molecule has 0 aromatic carbocycles. The van der Waals surface area contributed by atoms with Crippen LogP contribution in [0.4, 0.5) is 8.78 Å². The van der Waals surface area contributed by atoms with Crippen molar-refractivity contribution in [2.75, 3.05) is 19.6 Å². The summed E-state index contributed by atoms with van der Waals surface area (Å²) in [6, 6.07) is 0. The molecule has 9 heteroatoms. The number of hydrogen-bond acceptors (Lipinski definition) is 5. The van der Waals surface area contributed by atoms with Crippen LogP contribution in [0.3, 0.4) is 0 Å². The largest absolute Gasteiger partial charge is 0.447 e. The van der Waals surface area contributed by atoms with Crippen molar-refractivity contribution in [2.24, 2.45) is 0 Å². The molecule has 0 amide bonds. The van der Waals surface area contributed by atoms with Crippen molar-refractivity contribution in [3.05, 3.63) is 11.9 Å². The monoisotopic (exact) mass is 386 g/mol. The zero-order valence-corrected chi connectivity index (χ0v) is 12.4. The third-order valence-electron chi connectivity index (χ3n) is 2.54. The number of nitrogens with zero attached hydrogens (tertiary/aromatic N) is 4. The minimum absolute atomic E-state index is 0.123. The summed E-state index contributed by atoms with van der Waals surface area (Å²) in [4.78, 5) is 14.4. The Morgan fingerprint density at radius 1 is 1.58 bits per heavy atom. The van der Waals surface area contributed by atoms with Gasteiger partial charge in [-0.05, 0) is 29.5 Å². The minimum atomic E-state index is -2.57. The Hall–Kier alpha value is -0.840. The summed E-state index contributed by atoms with van der Waals surface area (Å²) < 4.78 is 29.9. The average Bonchev–Trinajstić information content (AvgIpc) is 2.70. The predicted octanol–water partition coefficient (Wildman–Crippen LogP) is 1.17. The molecule has 106 valence electrons. The molecule has 1 aliphatic rings. The van der Waals surface area contributed by atoms with Gasteiger partial charge in [-0.25, -0.2) is 13.6 Å². The second-order valence-electron chi connectivity index (χ2n) is 4.34. The van der Waals surface area contributed by atoms with Gasteiger partial charge in [-0.2, -0.15) is 9.90 Å². The van der Waals surface area contributed by atoms with E-state index in [9.17, 15) is 13.6 Å². The highest BCUT2D eigenvalue weighted by molar-refractivity contribution is 14.1. The van der Waals surface area contributed by atoms with Crippen LogP contribution in [-0.2, 0) is 11.3 Å². The molecule has 1 aromatic heterocycles. The number of aromatic nitrogens is 3. The van der Waals surface area contributed by atoms with Crippen LogP contribution in [0.1, 0.15) is 17.4 Å². The number of ether oxygens (including phenoxy) is 1.